The van der Waals surface area contributed by atoms with Gasteiger partial charge in [-0.2, -0.15) is 0 Å². The molecule has 0 saturated carbocycles. The van der Waals surface area contributed by atoms with Gasteiger partial charge < -0.3 is 10.9 Å². The first-order chi connectivity index (χ1) is 9.39. The summed E-state index contributed by atoms with van der Waals surface area (Å²) >= 11 is 0. The van der Waals surface area contributed by atoms with Crippen molar-refractivity contribution in [1.29, 1.82) is 0 Å². The largest absolute Gasteiger partial charge is 0.409 e. The van der Waals surface area contributed by atoms with E-state index in [4.69, 9.17) is 10.9 Å². The van der Waals surface area contributed by atoms with Gasteiger partial charge in [-0.1, -0.05) is 19.0 Å². The lowest BCUT2D eigenvalue weighted by Crippen LogP contribution is -2.36. The highest BCUT2D eigenvalue weighted by atomic mass is 19.1. The zero-order chi connectivity index (χ0) is 14.8. The number of oxime groups is 1. The molecule has 1 aromatic rings. The lowest BCUT2D eigenvalue weighted by Gasteiger charge is -2.37. The van der Waals surface area contributed by atoms with Gasteiger partial charge in [0, 0.05) is 12.1 Å². The van der Waals surface area contributed by atoms with Gasteiger partial charge >= 0.3 is 0 Å². The summed E-state index contributed by atoms with van der Waals surface area (Å²) in [6.07, 6.45) is 2.30. The number of nitrogens with zero attached hydrogens (tertiary/aromatic N) is 2. The SMILES string of the molecule is CC1(C)CCN(Cc2cc(F)cc(/C(N)=N/O)c2)CC1. The van der Waals surface area contributed by atoms with Crippen molar-refractivity contribution >= 4 is 5.84 Å². The van der Waals surface area contributed by atoms with Gasteiger partial charge in [-0.15, -0.1) is 0 Å². The van der Waals surface area contributed by atoms with Gasteiger partial charge in [-0.25, -0.2) is 4.39 Å². The van der Waals surface area contributed by atoms with Crippen LogP contribution in [0.25, 0.3) is 0 Å². The molecular weight excluding hydrogens is 257 g/mol. The van der Waals surface area contributed by atoms with Gasteiger partial charge in [0.2, 0.25) is 0 Å². The Kier molecular flexibility index (Phi) is 4.28. The molecule has 0 amide bonds. The number of benzene rings is 1. The lowest BCUT2D eigenvalue weighted by atomic mass is 9.82. The van der Waals surface area contributed by atoms with Crippen molar-refractivity contribution in [2.45, 2.75) is 33.2 Å². The minimum Gasteiger partial charge on any atom is -0.409 e. The molecule has 1 aliphatic rings. The van der Waals surface area contributed by atoms with E-state index in [1.807, 2.05) is 0 Å². The number of piperidine rings is 1. The van der Waals surface area contributed by atoms with Crippen molar-refractivity contribution < 1.29 is 9.60 Å². The van der Waals surface area contributed by atoms with Crippen LogP contribution in [0.1, 0.15) is 37.8 Å². The Morgan fingerprint density at radius 1 is 1.35 bits per heavy atom. The van der Waals surface area contributed by atoms with Gasteiger partial charge in [0.05, 0.1) is 0 Å². The van der Waals surface area contributed by atoms with Gasteiger partial charge in [0.25, 0.3) is 0 Å². The van der Waals surface area contributed by atoms with Crippen molar-refractivity contribution in [3.05, 3.63) is 35.1 Å². The van der Waals surface area contributed by atoms with E-state index in [9.17, 15) is 4.39 Å². The summed E-state index contributed by atoms with van der Waals surface area (Å²) in [5, 5.41) is 11.6. The number of halogens is 1. The molecule has 4 nitrogen and oxygen atoms in total. The van der Waals surface area contributed by atoms with Crippen molar-refractivity contribution in [2.24, 2.45) is 16.3 Å². The minimum absolute atomic E-state index is 0.0643. The minimum atomic E-state index is -0.360. The Hall–Kier alpha value is -1.62. The van der Waals surface area contributed by atoms with E-state index < -0.39 is 0 Å². The monoisotopic (exact) mass is 279 g/mol. The molecule has 0 unspecified atom stereocenters. The van der Waals surface area contributed by atoms with Gasteiger partial charge in [-0.05, 0) is 55.1 Å². The first kappa shape index (κ1) is 14.8. The highest BCUT2D eigenvalue weighted by Crippen LogP contribution is 2.30. The van der Waals surface area contributed by atoms with E-state index in [0.29, 0.717) is 17.5 Å². The molecule has 0 aromatic heterocycles. The molecule has 0 radical (unpaired) electrons. The molecule has 0 spiro atoms. The molecule has 1 fully saturated rings. The zero-order valence-corrected chi connectivity index (χ0v) is 12.1. The van der Waals surface area contributed by atoms with Crippen LogP contribution in [0.3, 0.4) is 0 Å². The molecule has 1 aliphatic heterocycles. The predicted octanol–water partition coefficient (Wildman–Crippen LogP) is 2.54. The second kappa shape index (κ2) is 5.79. The van der Waals surface area contributed by atoms with Crippen molar-refractivity contribution in [3.63, 3.8) is 0 Å². The molecule has 0 aliphatic carbocycles. The standard InChI is InChI=1S/C15H22FN3O/c1-15(2)3-5-19(6-4-15)10-11-7-12(14(17)18-20)9-13(16)8-11/h7-9,20H,3-6,10H2,1-2H3,(H2,17,18). The Bertz CT molecular complexity index is 504. The van der Waals surface area contributed by atoms with E-state index in [0.717, 1.165) is 31.5 Å². The summed E-state index contributed by atoms with van der Waals surface area (Å²) in [5.41, 5.74) is 7.19. The summed E-state index contributed by atoms with van der Waals surface area (Å²) in [6.45, 7) is 7.29. The van der Waals surface area contributed by atoms with Crippen LogP contribution < -0.4 is 5.73 Å². The first-order valence-corrected chi connectivity index (χ1v) is 6.89. The van der Waals surface area contributed by atoms with Crippen LogP contribution in [0.4, 0.5) is 4.39 Å². The molecule has 1 heterocycles. The fourth-order valence-electron chi connectivity index (χ4n) is 2.52. The van der Waals surface area contributed by atoms with Crippen LogP contribution in [0.2, 0.25) is 0 Å². The maximum atomic E-state index is 13.6. The number of amidine groups is 1. The number of hydrogen-bond acceptors (Lipinski definition) is 3. The van der Waals surface area contributed by atoms with Crippen molar-refractivity contribution in [3.8, 4) is 0 Å². The van der Waals surface area contributed by atoms with E-state index in [2.05, 4.69) is 23.9 Å². The number of hydrogen-bond donors (Lipinski definition) is 2. The van der Waals surface area contributed by atoms with Gasteiger partial charge in [0.15, 0.2) is 5.84 Å². The Morgan fingerprint density at radius 2 is 2.00 bits per heavy atom. The van der Waals surface area contributed by atoms with E-state index in [-0.39, 0.29) is 11.7 Å². The maximum Gasteiger partial charge on any atom is 0.170 e. The van der Waals surface area contributed by atoms with Crippen LogP contribution in [0.5, 0.6) is 0 Å². The highest BCUT2D eigenvalue weighted by molar-refractivity contribution is 5.97. The van der Waals surface area contributed by atoms with Crippen molar-refractivity contribution in [2.75, 3.05) is 13.1 Å². The summed E-state index contributed by atoms with van der Waals surface area (Å²) in [4.78, 5) is 2.32. The average molecular weight is 279 g/mol. The second-order valence-corrected chi connectivity index (χ2v) is 6.27. The third kappa shape index (κ3) is 3.70. The van der Waals surface area contributed by atoms with Crippen LogP contribution in [-0.4, -0.2) is 29.0 Å². The lowest BCUT2D eigenvalue weighted by molar-refractivity contribution is 0.127. The molecule has 110 valence electrons. The quantitative estimate of drug-likeness (QED) is 0.387. The second-order valence-electron chi connectivity index (χ2n) is 6.27. The Balaban J connectivity index is 2.08. The third-order valence-electron chi connectivity index (χ3n) is 3.98. The number of likely N-dealkylation sites (tertiary alicyclic amines) is 1. The van der Waals surface area contributed by atoms with E-state index >= 15 is 0 Å². The van der Waals surface area contributed by atoms with Crippen LogP contribution in [0.15, 0.2) is 23.4 Å². The molecule has 1 aromatic carbocycles. The fraction of sp³-hybridized carbons (Fsp3) is 0.533. The molecule has 0 atom stereocenters. The summed E-state index contributed by atoms with van der Waals surface area (Å²) in [5.74, 6) is -0.424. The van der Waals surface area contributed by atoms with Gasteiger partial charge in [-0.3, -0.25) is 4.90 Å². The summed E-state index contributed by atoms with van der Waals surface area (Å²) in [7, 11) is 0. The van der Waals surface area contributed by atoms with E-state index in [1.54, 1.807) is 6.07 Å². The number of nitrogens with two attached hydrogens (primary N) is 1. The fourth-order valence-corrected chi connectivity index (χ4v) is 2.52. The van der Waals surface area contributed by atoms with Crippen LogP contribution >= 0.6 is 0 Å². The molecule has 1 saturated heterocycles. The predicted molar refractivity (Wildman–Crippen MR) is 77.2 cm³/mol. The zero-order valence-electron chi connectivity index (χ0n) is 12.1. The Labute approximate surface area is 119 Å². The summed E-state index contributed by atoms with van der Waals surface area (Å²) < 4.78 is 13.6. The highest BCUT2D eigenvalue weighted by Gasteiger charge is 2.25. The number of rotatable bonds is 3. The normalized spacial score (nSPS) is 20.1. The smallest absolute Gasteiger partial charge is 0.170 e. The Morgan fingerprint density at radius 3 is 2.60 bits per heavy atom. The van der Waals surface area contributed by atoms with E-state index in [1.165, 1.54) is 12.1 Å². The van der Waals surface area contributed by atoms with Crippen LogP contribution in [0, 0.1) is 11.2 Å². The van der Waals surface area contributed by atoms with Gasteiger partial charge in [0.1, 0.15) is 5.82 Å². The molecule has 3 N–H and O–H groups in total. The molecular formula is C15H22FN3O. The molecule has 0 bridgehead atoms. The molecule has 5 heteroatoms. The summed E-state index contributed by atoms with van der Waals surface area (Å²) in [6, 6.07) is 4.56. The average Bonchev–Trinajstić information content (AvgIpc) is 2.39. The molecule has 2 rings (SSSR count). The topological polar surface area (TPSA) is 61.8 Å². The molecule has 20 heavy (non-hydrogen) atoms. The maximum absolute atomic E-state index is 13.6. The first-order valence-electron chi connectivity index (χ1n) is 6.89. The third-order valence-corrected chi connectivity index (χ3v) is 3.98. The van der Waals surface area contributed by atoms with Crippen LogP contribution in [-0.2, 0) is 6.54 Å². The van der Waals surface area contributed by atoms with Crippen molar-refractivity contribution in [1.82, 2.24) is 4.90 Å².